The SMILES string of the molecule is CCCCCCNC(=NC)NCCc1ccc(S(=O)(=O)N(CC)CC)s1.I. The molecule has 27 heavy (non-hydrogen) atoms. The predicted molar refractivity (Wildman–Crippen MR) is 127 cm³/mol. The van der Waals surface area contributed by atoms with Crippen LogP contribution in [-0.4, -0.2) is 51.9 Å². The maximum Gasteiger partial charge on any atom is 0.252 e. The summed E-state index contributed by atoms with van der Waals surface area (Å²) in [4.78, 5) is 5.28. The highest BCUT2D eigenvalue weighted by Gasteiger charge is 2.23. The second-order valence-corrected chi connectivity index (χ2v) is 9.38. The molecule has 0 radical (unpaired) electrons. The standard InChI is InChI=1S/C18H34N4O2S2.HI/c1-5-8-9-10-14-20-18(19-4)21-15-13-16-11-12-17(25-16)26(23,24)22(6-2)7-3;/h11-12H,5-10,13-15H2,1-4H3,(H2,19,20,21);1H. The van der Waals surface area contributed by atoms with Crippen molar-refractivity contribution in [3.8, 4) is 0 Å². The van der Waals surface area contributed by atoms with Gasteiger partial charge in [0.1, 0.15) is 4.21 Å². The molecular weight excluding hydrogens is 495 g/mol. The van der Waals surface area contributed by atoms with Gasteiger partial charge in [-0.1, -0.05) is 40.0 Å². The van der Waals surface area contributed by atoms with E-state index in [0.717, 1.165) is 36.8 Å². The summed E-state index contributed by atoms with van der Waals surface area (Å²) >= 11 is 1.36. The first kappa shape index (κ1) is 26.6. The zero-order chi connectivity index (χ0) is 19.4. The second kappa shape index (κ2) is 14.6. The van der Waals surface area contributed by atoms with Crippen molar-refractivity contribution < 1.29 is 8.42 Å². The van der Waals surface area contributed by atoms with Crippen molar-refractivity contribution in [2.75, 3.05) is 33.2 Å². The van der Waals surface area contributed by atoms with Gasteiger partial charge in [-0.15, -0.1) is 35.3 Å². The van der Waals surface area contributed by atoms with Gasteiger partial charge in [-0.25, -0.2) is 8.42 Å². The topological polar surface area (TPSA) is 73.8 Å². The number of aliphatic imine (C=N–C) groups is 1. The summed E-state index contributed by atoms with van der Waals surface area (Å²) < 4.78 is 27.0. The van der Waals surface area contributed by atoms with Gasteiger partial charge in [-0.05, 0) is 25.0 Å². The Kier molecular flexibility index (Phi) is 14.4. The Morgan fingerprint density at radius 1 is 1.07 bits per heavy atom. The molecule has 0 aliphatic heterocycles. The third-order valence-electron chi connectivity index (χ3n) is 4.15. The number of guanidine groups is 1. The van der Waals surface area contributed by atoms with Gasteiger partial charge in [0.2, 0.25) is 0 Å². The Morgan fingerprint density at radius 2 is 1.74 bits per heavy atom. The van der Waals surface area contributed by atoms with E-state index in [2.05, 4.69) is 22.5 Å². The summed E-state index contributed by atoms with van der Waals surface area (Å²) in [6, 6.07) is 3.62. The van der Waals surface area contributed by atoms with Gasteiger partial charge in [0.25, 0.3) is 10.0 Å². The largest absolute Gasteiger partial charge is 0.356 e. The minimum absolute atomic E-state index is 0. The Balaban J connectivity index is 0.00000676. The van der Waals surface area contributed by atoms with Crippen LogP contribution >= 0.6 is 35.3 Å². The monoisotopic (exact) mass is 530 g/mol. The smallest absolute Gasteiger partial charge is 0.252 e. The number of nitrogens with zero attached hydrogens (tertiary/aromatic N) is 2. The van der Waals surface area contributed by atoms with Gasteiger partial charge in [-0.2, -0.15) is 4.31 Å². The summed E-state index contributed by atoms with van der Waals surface area (Å²) in [5.41, 5.74) is 0. The lowest BCUT2D eigenvalue weighted by Crippen LogP contribution is -2.38. The van der Waals surface area contributed by atoms with Crippen LogP contribution in [0, 0.1) is 0 Å². The van der Waals surface area contributed by atoms with Crippen molar-refractivity contribution in [2.24, 2.45) is 4.99 Å². The van der Waals surface area contributed by atoms with E-state index in [4.69, 9.17) is 0 Å². The zero-order valence-electron chi connectivity index (χ0n) is 17.0. The molecule has 158 valence electrons. The molecule has 0 spiro atoms. The van der Waals surface area contributed by atoms with E-state index in [9.17, 15) is 8.42 Å². The molecule has 0 unspecified atom stereocenters. The Hall–Kier alpha value is -0.390. The number of hydrogen-bond donors (Lipinski definition) is 2. The number of hydrogen-bond acceptors (Lipinski definition) is 4. The van der Waals surface area contributed by atoms with Crippen LogP contribution in [0.2, 0.25) is 0 Å². The fourth-order valence-electron chi connectivity index (χ4n) is 2.61. The first-order chi connectivity index (χ1) is 12.5. The third kappa shape index (κ3) is 9.10. The van der Waals surface area contributed by atoms with E-state index in [0.29, 0.717) is 17.3 Å². The first-order valence-corrected chi connectivity index (χ1v) is 11.8. The van der Waals surface area contributed by atoms with Crippen LogP contribution in [-0.2, 0) is 16.4 Å². The number of unbranched alkanes of at least 4 members (excludes halogenated alkanes) is 3. The van der Waals surface area contributed by atoms with Crippen LogP contribution in [0.15, 0.2) is 21.3 Å². The van der Waals surface area contributed by atoms with Crippen LogP contribution in [0.3, 0.4) is 0 Å². The molecule has 0 atom stereocenters. The van der Waals surface area contributed by atoms with Crippen molar-refractivity contribution >= 4 is 51.3 Å². The highest BCUT2D eigenvalue weighted by atomic mass is 127. The average molecular weight is 531 g/mol. The molecule has 1 aromatic rings. The quantitative estimate of drug-likeness (QED) is 0.187. The molecule has 0 amide bonds. The molecule has 6 nitrogen and oxygen atoms in total. The van der Waals surface area contributed by atoms with Gasteiger partial charge in [0.05, 0.1) is 0 Å². The summed E-state index contributed by atoms with van der Waals surface area (Å²) in [6.07, 6.45) is 5.66. The minimum atomic E-state index is -3.35. The molecule has 1 rings (SSSR count). The maximum atomic E-state index is 12.5. The van der Waals surface area contributed by atoms with Gasteiger partial charge in [-0.3, -0.25) is 4.99 Å². The zero-order valence-corrected chi connectivity index (χ0v) is 20.9. The molecule has 0 fully saturated rings. The number of nitrogens with one attached hydrogen (secondary N) is 2. The minimum Gasteiger partial charge on any atom is -0.356 e. The lowest BCUT2D eigenvalue weighted by molar-refractivity contribution is 0.447. The lowest BCUT2D eigenvalue weighted by Gasteiger charge is -2.16. The van der Waals surface area contributed by atoms with Crippen LogP contribution in [0.4, 0.5) is 0 Å². The number of sulfonamides is 1. The maximum absolute atomic E-state index is 12.5. The van der Waals surface area contributed by atoms with E-state index >= 15 is 0 Å². The van der Waals surface area contributed by atoms with Gasteiger partial charge in [0, 0.05) is 38.1 Å². The second-order valence-electron chi connectivity index (χ2n) is 6.05. The molecule has 0 bridgehead atoms. The van der Waals surface area contributed by atoms with Crippen molar-refractivity contribution in [1.29, 1.82) is 0 Å². The molecule has 0 aliphatic rings. The fraction of sp³-hybridized carbons (Fsp3) is 0.722. The van der Waals surface area contributed by atoms with Gasteiger partial charge >= 0.3 is 0 Å². The summed E-state index contributed by atoms with van der Waals surface area (Å²) in [6.45, 7) is 8.56. The fourth-order valence-corrected chi connectivity index (χ4v) is 5.57. The summed E-state index contributed by atoms with van der Waals surface area (Å²) in [5, 5.41) is 6.60. The molecule has 2 N–H and O–H groups in total. The Labute approximate surface area is 186 Å². The van der Waals surface area contributed by atoms with E-state index in [1.165, 1.54) is 34.9 Å². The molecule has 9 heteroatoms. The highest BCUT2D eigenvalue weighted by molar-refractivity contribution is 14.0. The number of rotatable bonds is 12. The first-order valence-electron chi connectivity index (χ1n) is 9.52. The number of thiophene rings is 1. The molecule has 0 saturated heterocycles. The Morgan fingerprint density at radius 3 is 2.33 bits per heavy atom. The van der Waals surface area contributed by atoms with Crippen LogP contribution in [0.1, 0.15) is 51.3 Å². The molecular formula is C18H35IN4O2S2. The van der Waals surface area contributed by atoms with Crippen molar-refractivity contribution in [3.05, 3.63) is 17.0 Å². The van der Waals surface area contributed by atoms with E-state index in [-0.39, 0.29) is 24.0 Å². The van der Waals surface area contributed by atoms with Crippen molar-refractivity contribution in [2.45, 2.75) is 57.1 Å². The van der Waals surface area contributed by atoms with Gasteiger partial charge < -0.3 is 10.6 Å². The average Bonchev–Trinajstić information content (AvgIpc) is 3.10. The van der Waals surface area contributed by atoms with Crippen LogP contribution in [0.25, 0.3) is 0 Å². The lowest BCUT2D eigenvalue weighted by atomic mass is 10.2. The van der Waals surface area contributed by atoms with Crippen LogP contribution < -0.4 is 10.6 Å². The third-order valence-corrected chi connectivity index (χ3v) is 7.81. The molecule has 1 heterocycles. The van der Waals surface area contributed by atoms with E-state index in [1.807, 2.05) is 19.9 Å². The highest BCUT2D eigenvalue weighted by Crippen LogP contribution is 2.25. The van der Waals surface area contributed by atoms with Crippen molar-refractivity contribution in [3.63, 3.8) is 0 Å². The molecule has 1 aromatic heterocycles. The predicted octanol–water partition coefficient (Wildman–Crippen LogP) is 3.68. The number of halogens is 1. The molecule has 0 saturated carbocycles. The van der Waals surface area contributed by atoms with E-state index < -0.39 is 10.0 Å². The van der Waals surface area contributed by atoms with Gasteiger partial charge in [0.15, 0.2) is 5.96 Å². The molecule has 0 aliphatic carbocycles. The molecule has 0 aromatic carbocycles. The van der Waals surface area contributed by atoms with Crippen molar-refractivity contribution in [1.82, 2.24) is 14.9 Å². The Bertz CT molecular complexity index is 644. The van der Waals surface area contributed by atoms with E-state index in [1.54, 1.807) is 13.1 Å². The van der Waals surface area contributed by atoms with Crippen LogP contribution in [0.5, 0.6) is 0 Å². The summed E-state index contributed by atoms with van der Waals surface area (Å²) in [7, 11) is -1.59. The normalized spacial score (nSPS) is 12.1. The summed E-state index contributed by atoms with van der Waals surface area (Å²) in [5.74, 6) is 0.800.